The van der Waals surface area contributed by atoms with Crippen molar-refractivity contribution in [1.82, 2.24) is 9.97 Å². The topological polar surface area (TPSA) is 29.0 Å². The molecule has 4 heteroatoms. The van der Waals surface area contributed by atoms with Gasteiger partial charge in [0.25, 0.3) is 0 Å². The molecule has 0 spiro atoms. The second-order valence-corrected chi connectivity index (χ2v) is 7.18. The van der Waals surface area contributed by atoms with Crippen molar-refractivity contribution in [1.29, 1.82) is 0 Å². The largest absolute Gasteiger partial charge is 0.356 e. The van der Waals surface area contributed by atoms with Gasteiger partial charge in [-0.05, 0) is 54.8 Å². The molecule has 112 valence electrons. The predicted octanol–water partition coefficient (Wildman–Crippen LogP) is 4.69. The monoisotopic (exact) mass is 303 g/mol. The lowest BCUT2D eigenvalue weighted by molar-refractivity contribution is 0.222. The minimum Gasteiger partial charge on any atom is -0.356 e. The second kappa shape index (κ2) is 5.45. The Kier molecular flexibility index (Phi) is 3.78. The van der Waals surface area contributed by atoms with Crippen LogP contribution in [0.5, 0.6) is 0 Å². The van der Waals surface area contributed by atoms with Gasteiger partial charge in [0.2, 0.25) is 5.28 Å². The Hall–Kier alpha value is -1.35. The van der Waals surface area contributed by atoms with E-state index in [9.17, 15) is 0 Å². The summed E-state index contributed by atoms with van der Waals surface area (Å²) in [6, 6.07) is 8.61. The van der Waals surface area contributed by atoms with Gasteiger partial charge in [0, 0.05) is 18.5 Å². The third-order valence-electron chi connectivity index (χ3n) is 4.75. The van der Waals surface area contributed by atoms with Crippen LogP contribution in [0.4, 0.5) is 5.82 Å². The molecule has 3 rings (SSSR count). The number of hydrogen-bond donors (Lipinski definition) is 0. The van der Waals surface area contributed by atoms with Crippen molar-refractivity contribution < 1.29 is 0 Å². The highest BCUT2D eigenvalue weighted by Gasteiger charge is 2.29. The molecule has 1 fully saturated rings. The van der Waals surface area contributed by atoms with Gasteiger partial charge in [-0.15, -0.1) is 0 Å². The van der Waals surface area contributed by atoms with Crippen molar-refractivity contribution in [2.75, 3.05) is 11.9 Å². The molecule has 0 unspecified atom stereocenters. The maximum atomic E-state index is 6.10. The summed E-state index contributed by atoms with van der Waals surface area (Å²) in [4.78, 5) is 11.1. The van der Waals surface area contributed by atoms with Crippen molar-refractivity contribution in [2.24, 2.45) is 5.41 Å². The molecule has 0 N–H and O–H groups in total. The number of para-hydroxylation sites is 1. The van der Waals surface area contributed by atoms with E-state index >= 15 is 0 Å². The summed E-state index contributed by atoms with van der Waals surface area (Å²) in [7, 11) is 2.13. The zero-order valence-corrected chi connectivity index (χ0v) is 13.7. The minimum atomic E-state index is 0.326. The van der Waals surface area contributed by atoms with Crippen LogP contribution in [-0.2, 0) is 0 Å². The van der Waals surface area contributed by atoms with Crippen LogP contribution in [-0.4, -0.2) is 23.1 Å². The Bertz CT molecular complexity index is 644. The van der Waals surface area contributed by atoms with E-state index in [2.05, 4.69) is 41.8 Å². The molecule has 1 heterocycles. The Morgan fingerprint density at radius 3 is 2.52 bits per heavy atom. The van der Waals surface area contributed by atoms with Gasteiger partial charge in [-0.2, -0.15) is 4.98 Å². The standard InChI is InChI=1S/C17H22ClN3/c1-17(2)10-8-12(9-11-17)21(3)15-13-6-4-5-7-14(13)19-16(18)20-15/h4-7,12H,8-11H2,1-3H3. The predicted molar refractivity (Wildman–Crippen MR) is 89.0 cm³/mol. The SMILES string of the molecule is CN(c1nc(Cl)nc2ccccc12)C1CCC(C)(C)CC1. The summed E-state index contributed by atoms with van der Waals surface area (Å²) in [5.41, 5.74) is 1.39. The molecule has 0 radical (unpaired) electrons. The van der Waals surface area contributed by atoms with Gasteiger partial charge in [0.1, 0.15) is 5.82 Å². The molecule has 0 atom stereocenters. The van der Waals surface area contributed by atoms with E-state index in [4.69, 9.17) is 11.6 Å². The minimum absolute atomic E-state index is 0.326. The lowest BCUT2D eigenvalue weighted by Gasteiger charge is -2.39. The van der Waals surface area contributed by atoms with Crippen LogP contribution >= 0.6 is 11.6 Å². The molecule has 1 aliphatic carbocycles. The number of aromatic nitrogens is 2. The zero-order chi connectivity index (χ0) is 15.0. The van der Waals surface area contributed by atoms with E-state index in [0.717, 1.165) is 16.7 Å². The van der Waals surface area contributed by atoms with Crippen LogP contribution in [0.1, 0.15) is 39.5 Å². The average Bonchev–Trinajstić information content (AvgIpc) is 2.45. The Balaban J connectivity index is 1.93. The molecular formula is C17H22ClN3. The van der Waals surface area contributed by atoms with E-state index in [0.29, 0.717) is 16.7 Å². The van der Waals surface area contributed by atoms with Crippen molar-refractivity contribution in [3.8, 4) is 0 Å². The first-order valence-corrected chi connectivity index (χ1v) is 7.99. The Morgan fingerprint density at radius 1 is 1.14 bits per heavy atom. The van der Waals surface area contributed by atoms with Gasteiger partial charge in [-0.1, -0.05) is 26.0 Å². The van der Waals surface area contributed by atoms with E-state index < -0.39 is 0 Å². The summed E-state index contributed by atoms with van der Waals surface area (Å²) in [5.74, 6) is 0.954. The number of rotatable bonds is 2. The van der Waals surface area contributed by atoms with Gasteiger partial charge < -0.3 is 4.90 Å². The van der Waals surface area contributed by atoms with E-state index in [-0.39, 0.29) is 0 Å². The second-order valence-electron chi connectivity index (χ2n) is 6.84. The van der Waals surface area contributed by atoms with Crippen molar-refractivity contribution in [3.05, 3.63) is 29.5 Å². The first kappa shape index (κ1) is 14.6. The highest BCUT2D eigenvalue weighted by molar-refractivity contribution is 6.28. The molecule has 1 aromatic carbocycles. The first-order valence-electron chi connectivity index (χ1n) is 7.61. The van der Waals surface area contributed by atoms with Crippen LogP contribution in [0, 0.1) is 5.41 Å². The smallest absolute Gasteiger partial charge is 0.224 e. The molecule has 21 heavy (non-hydrogen) atoms. The van der Waals surface area contributed by atoms with Gasteiger partial charge in [0.15, 0.2) is 0 Å². The fourth-order valence-corrected chi connectivity index (χ4v) is 3.42. The molecule has 3 nitrogen and oxygen atoms in total. The fraction of sp³-hybridized carbons (Fsp3) is 0.529. The number of fused-ring (bicyclic) bond motifs is 1. The number of anilines is 1. The maximum absolute atomic E-state index is 6.10. The van der Waals surface area contributed by atoms with Gasteiger partial charge in [0.05, 0.1) is 5.52 Å². The maximum Gasteiger partial charge on any atom is 0.224 e. The van der Waals surface area contributed by atoms with Gasteiger partial charge in [-0.25, -0.2) is 4.98 Å². The van der Waals surface area contributed by atoms with E-state index in [1.54, 1.807) is 0 Å². The molecule has 0 aliphatic heterocycles. The fourth-order valence-electron chi connectivity index (χ4n) is 3.25. The molecule has 2 aromatic rings. The van der Waals surface area contributed by atoms with Crippen LogP contribution in [0.2, 0.25) is 5.28 Å². The number of nitrogens with zero attached hydrogens (tertiary/aromatic N) is 3. The van der Waals surface area contributed by atoms with Gasteiger partial charge in [-0.3, -0.25) is 0 Å². The number of benzene rings is 1. The van der Waals surface area contributed by atoms with Crippen LogP contribution in [0.25, 0.3) is 10.9 Å². The summed E-state index contributed by atoms with van der Waals surface area (Å²) in [5, 5.41) is 1.40. The number of hydrogen-bond acceptors (Lipinski definition) is 3. The van der Waals surface area contributed by atoms with Crippen LogP contribution < -0.4 is 4.90 Å². The summed E-state index contributed by atoms with van der Waals surface area (Å²) < 4.78 is 0. The quantitative estimate of drug-likeness (QED) is 0.754. The number of halogens is 1. The molecule has 0 bridgehead atoms. The molecule has 1 saturated carbocycles. The lowest BCUT2D eigenvalue weighted by atomic mass is 9.75. The molecule has 0 saturated heterocycles. The van der Waals surface area contributed by atoms with E-state index in [1.165, 1.54) is 25.7 Å². The van der Waals surface area contributed by atoms with Crippen molar-refractivity contribution in [2.45, 2.75) is 45.6 Å². The normalized spacial score (nSPS) is 18.9. The first-order chi connectivity index (χ1) is 9.96. The van der Waals surface area contributed by atoms with Gasteiger partial charge >= 0.3 is 0 Å². The molecule has 0 amide bonds. The third-order valence-corrected chi connectivity index (χ3v) is 4.92. The summed E-state index contributed by atoms with van der Waals surface area (Å²) >= 11 is 6.10. The Morgan fingerprint density at radius 2 is 1.81 bits per heavy atom. The van der Waals surface area contributed by atoms with Crippen molar-refractivity contribution >= 4 is 28.3 Å². The summed E-state index contributed by atoms with van der Waals surface area (Å²) in [6.45, 7) is 4.72. The average molecular weight is 304 g/mol. The molecule has 1 aliphatic rings. The van der Waals surface area contributed by atoms with Crippen LogP contribution in [0.3, 0.4) is 0 Å². The lowest BCUT2D eigenvalue weighted by Crippen LogP contribution is -2.37. The molecular weight excluding hydrogens is 282 g/mol. The summed E-state index contributed by atoms with van der Waals surface area (Å²) in [6.07, 6.45) is 4.94. The highest BCUT2D eigenvalue weighted by atomic mass is 35.5. The highest BCUT2D eigenvalue weighted by Crippen LogP contribution is 2.38. The van der Waals surface area contributed by atoms with E-state index in [1.807, 2.05) is 18.2 Å². The third kappa shape index (κ3) is 2.98. The van der Waals surface area contributed by atoms with Crippen molar-refractivity contribution in [3.63, 3.8) is 0 Å². The Labute approximate surface area is 131 Å². The molecule has 1 aromatic heterocycles. The van der Waals surface area contributed by atoms with Crippen LogP contribution in [0.15, 0.2) is 24.3 Å². The zero-order valence-electron chi connectivity index (χ0n) is 12.9.